The lowest BCUT2D eigenvalue weighted by molar-refractivity contribution is 0.0977. The van der Waals surface area contributed by atoms with Crippen molar-refractivity contribution in [1.82, 2.24) is 19.5 Å². The molecule has 33 heavy (non-hydrogen) atoms. The normalized spacial score (nSPS) is 14.8. The van der Waals surface area contributed by atoms with E-state index in [2.05, 4.69) is 28.5 Å². The van der Waals surface area contributed by atoms with Gasteiger partial charge in [0.25, 0.3) is 5.91 Å². The lowest BCUT2D eigenvalue weighted by Crippen LogP contribution is -2.33. The second-order valence-corrected chi connectivity index (χ2v) is 10.9. The topological polar surface area (TPSA) is 97.2 Å². The Bertz CT molecular complexity index is 1290. The summed E-state index contributed by atoms with van der Waals surface area (Å²) in [5.74, 6) is -0.761. The summed E-state index contributed by atoms with van der Waals surface area (Å²) in [6.07, 6.45) is 3.31. The van der Waals surface area contributed by atoms with E-state index >= 15 is 0 Å². The van der Waals surface area contributed by atoms with E-state index < -0.39 is 15.9 Å². The molecule has 176 valence electrons. The summed E-state index contributed by atoms with van der Waals surface area (Å²) in [6, 6.07) is 9.68. The molecule has 1 aliphatic rings. The Labute approximate surface area is 195 Å². The van der Waals surface area contributed by atoms with E-state index in [1.54, 1.807) is 10.7 Å². The highest BCUT2D eigenvalue weighted by Gasteiger charge is 2.26. The van der Waals surface area contributed by atoms with Gasteiger partial charge in [-0.25, -0.2) is 22.8 Å². The zero-order valence-electron chi connectivity index (χ0n) is 19.6. The molecule has 1 aliphatic heterocycles. The molecule has 8 nitrogen and oxygen atoms in total. The van der Waals surface area contributed by atoms with Gasteiger partial charge in [0, 0.05) is 13.1 Å². The summed E-state index contributed by atoms with van der Waals surface area (Å²) >= 11 is 0. The van der Waals surface area contributed by atoms with Gasteiger partial charge < -0.3 is 4.90 Å². The monoisotopic (exact) mass is 469 g/mol. The maximum Gasteiger partial charge on any atom is 0.283 e. The van der Waals surface area contributed by atoms with E-state index in [-0.39, 0.29) is 17.4 Å². The van der Waals surface area contributed by atoms with Gasteiger partial charge in [0.1, 0.15) is 5.69 Å². The van der Waals surface area contributed by atoms with Crippen LogP contribution >= 0.6 is 0 Å². The van der Waals surface area contributed by atoms with Crippen LogP contribution in [0.2, 0.25) is 0 Å². The second kappa shape index (κ2) is 9.13. The molecule has 9 heteroatoms. The first kappa shape index (κ1) is 23.2. The van der Waals surface area contributed by atoms with E-state index in [0.29, 0.717) is 5.65 Å². The van der Waals surface area contributed by atoms with Gasteiger partial charge in [0.05, 0.1) is 28.2 Å². The summed E-state index contributed by atoms with van der Waals surface area (Å²) in [4.78, 5) is 19.9. The average molecular weight is 470 g/mol. The fourth-order valence-electron chi connectivity index (χ4n) is 4.23. The zero-order valence-corrected chi connectivity index (χ0v) is 20.4. The van der Waals surface area contributed by atoms with Gasteiger partial charge in [-0.1, -0.05) is 26.0 Å². The number of carbonyl (C=O) groups is 1. The molecule has 1 N–H and O–H groups in total. The molecule has 1 amide bonds. The number of pyridine rings is 1. The number of hydrogen-bond acceptors (Lipinski definition) is 6. The molecular weight excluding hydrogens is 438 g/mol. The summed E-state index contributed by atoms with van der Waals surface area (Å²) in [5.41, 5.74) is 4.37. The van der Waals surface area contributed by atoms with E-state index in [1.165, 1.54) is 13.3 Å². The lowest BCUT2D eigenvalue weighted by Gasteiger charge is -2.30. The molecule has 2 aromatic heterocycles. The maximum absolute atomic E-state index is 12.9. The molecule has 0 spiro atoms. The molecule has 1 aromatic carbocycles. The van der Waals surface area contributed by atoms with Crippen LogP contribution in [0.4, 0.5) is 5.69 Å². The summed E-state index contributed by atoms with van der Waals surface area (Å²) in [6.45, 7) is 9.45. The van der Waals surface area contributed by atoms with Crippen molar-refractivity contribution < 1.29 is 13.2 Å². The van der Waals surface area contributed by atoms with Crippen LogP contribution in [0.15, 0.2) is 30.3 Å². The fourth-order valence-corrected chi connectivity index (χ4v) is 4.76. The Morgan fingerprint density at radius 2 is 1.88 bits per heavy atom. The molecule has 0 atom stereocenters. The predicted molar refractivity (Wildman–Crippen MR) is 131 cm³/mol. The van der Waals surface area contributed by atoms with E-state index in [4.69, 9.17) is 5.10 Å². The minimum absolute atomic E-state index is 0.0733. The Kier molecular flexibility index (Phi) is 6.43. The summed E-state index contributed by atoms with van der Waals surface area (Å²) in [7, 11) is -3.71. The number of carbonyl (C=O) groups excluding carboxylic acids is 1. The molecule has 1 fully saturated rings. The molecule has 3 aromatic rings. The minimum atomic E-state index is -3.71. The number of piperidine rings is 1. The molecule has 3 heterocycles. The highest BCUT2D eigenvalue weighted by atomic mass is 32.2. The molecule has 0 aliphatic carbocycles. The maximum atomic E-state index is 12.9. The Morgan fingerprint density at radius 3 is 2.52 bits per heavy atom. The van der Waals surface area contributed by atoms with Gasteiger partial charge in [-0.3, -0.25) is 4.79 Å². The number of nitrogens with zero attached hydrogens (tertiary/aromatic N) is 4. The predicted octanol–water partition coefficient (Wildman–Crippen LogP) is 3.92. The number of aryl methyl sites for hydroxylation is 1. The number of hydrogen-bond donors (Lipinski definition) is 1. The number of aromatic nitrogens is 3. The fraction of sp³-hybridized carbons (Fsp3) is 0.458. The second-order valence-electron chi connectivity index (χ2n) is 8.90. The largest absolute Gasteiger partial charge is 0.371 e. The SMILES string of the molecule is CCS(=O)(=O)NC(=O)c1cc(N2CCCCC2)c2c(C(C)C)nn(-c3cccc(C)c3)c2n1. The molecular formula is C24H31N5O3S. The molecule has 0 unspecified atom stereocenters. The smallest absolute Gasteiger partial charge is 0.283 e. The molecule has 4 rings (SSSR count). The van der Waals surface area contributed by atoms with Crippen molar-refractivity contribution in [2.45, 2.75) is 52.9 Å². The zero-order chi connectivity index (χ0) is 23.8. The van der Waals surface area contributed by atoms with E-state index in [9.17, 15) is 13.2 Å². The molecule has 1 saturated heterocycles. The van der Waals surface area contributed by atoms with Crippen molar-refractivity contribution in [3.05, 3.63) is 47.3 Å². The highest BCUT2D eigenvalue weighted by Crippen LogP contribution is 2.36. The van der Waals surface area contributed by atoms with Gasteiger partial charge in [-0.2, -0.15) is 5.10 Å². The van der Waals surface area contributed by atoms with Gasteiger partial charge in [-0.15, -0.1) is 0 Å². The van der Waals surface area contributed by atoms with Crippen LogP contribution in [0.25, 0.3) is 16.7 Å². The lowest BCUT2D eigenvalue weighted by atomic mass is 10.0. The van der Waals surface area contributed by atoms with Crippen molar-refractivity contribution >= 4 is 32.7 Å². The standard InChI is InChI=1S/C24H31N5O3S/c1-5-33(31,32)27-24(30)19-15-20(28-12-7-6-8-13-28)21-22(16(2)3)26-29(23(21)25-19)18-11-9-10-17(4)14-18/h9-11,14-16H,5-8,12-13H2,1-4H3,(H,27,30). The van der Waals surface area contributed by atoms with Crippen LogP contribution in [0, 0.1) is 6.92 Å². The van der Waals surface area contributed by atoms with Crippen LogP contribution < -0.4 is 9.62 Å². The first-order valence-corrected chi connectivity index (χ1v) is 13.2. The first-order valence-electron chi connectivity index (χ1n) is 11.5. The van der Waals surface area contributed by atoms with Gasteiger partial charge in [-0.05, 0) is 62.8 Å². The van der Waals surface area contributed by atoms with Crippen LogP contribution in [-0.2, 0) is 10.0 Å². The van der Waals surface area contributed by atoms with Crippen LogP contribution in [-0.4, -0.2) is 47.9 Å². The number of benzene rings is 1. The Hall–Kier alpha value is -2.94. The third kappa shape index (κ3) is 4.73. The first-order chi connectivity index (χ1) is 15.7. The third-order valence-electron chi connectivity index (χ3n) is 5.99. The quantitative estimate of drug-likeness (QED) is 0.588. The van der Waals surface area contributed by atoms with E-state index in [0.717, 1.165) is 53.9 Å². The van der Waals surface area contributed by atoms with Crippen molar-refractivity contribution in [2.75, 3.05) is 23.7 Å². The number of amides is 1. The number of anilines is 1. The molecule has 0 saturated carbocycles. The molecule has 0 bridgehead atoms. The number of nitrogens with one attached hydrogen (secondary N) is 1. The van der Waals surface area contributed by atoms with Crippen molar-refractivity contribution in [3.8, 4) is 5.69 Å². The van der Waals surface area contributed by atoms with Gasteiger partial charge in [0.2, 0.25) is 10.0 Å². The molecule has 0 radical (unpaired) electrons. The van der Waals surface area contributed by atoms with Crippen LogP contribution in [0.5, 0.6) is 0 Å². The Morgan fingerprint density at radius 1 is 1.15 bits per heavy atom. The highest BCUT2D eigenvalue weighted by molar-refractivity contribution is 7.90. The van der Waals surface area contributed by atoms with Crippen LogP contribution in [0.1, 0.15) is 67.7 Å². The van der Waals surface area contributed by atoms with Crippen LogP contribution in [0.3, 0.4) is 0 Å². The summed E-state index contributed by atoms with van der Waals surface area (Å²) < 4.78 is 28.0. The Balaban J connectivity index is 1.99. The van der Waals surface area contributed by atoms with Crippen molar-refractivity contribution in [1.29, 1.82) is 0 Å². The number of fused-ring (bicyclic) bond motifs is 1. The third-order valence-corrected chi connectivity index (χ3v) is 7.25. The number of rotatable bonds is 6. The number of sulfonamides is 1. The van der Waals surface area contributed by atoms with E-state index in [1.807, 2.05) is 31.2 Å². The average Bonchev–Trinajstić information content (AvgIpc) is 3.19. The van der Waals surface area contributed by atoms with Crippen molar-refractivity contribution in [2.24, 2.45) is 0 Å². The minimum Gasteiger partial charge on any atom is -0.371 e. The van der Waals surface area contributed by atoms with Crippen molar-refractivity contribution in [3.63, 3.8) is 0 Å². The van der Waals surface area contributed by atoms with Gasteiger partial charge in [0.15, 0.2) is 5.65 Å². The summed E-state index contributed by atoms with van der Waals surface area (Å²) in [5, 5.41) is 5.84. The van der Waals surface area contributed by atoms with Gasteiger partial charge >= 0.3 is 0 Å².